The largest absolute Gasteiger partial charge is 0.464 e. The van der Waals surface area contributed by atoms with Gasteiger partial charge in [-0.25, -0.2) is 4.79 Å². The molecule has 0 aliphatic carbocycles. The number of nitrogens with two attached hydrogens (primary N) is 1. The standard InChI is InChI=1S/C13H16N2O2/c1-13(2,8-14)10-7-15(12(16)17)11-6-4-3-5-9(10)11/h3-7H,8,14H2,1-2H3,(H,16,17). The van der Waals surface area contributed by atoms with Crippen molar-refractivity contribution < 1.29 is 9.90 Å². The SMILES string of the molecule is CC(C)(CN)c1cn(C(=O)O)c2ccccc12. The van der Waals surface area contributed by atoms with Crippen LogP contribution in [0.5, 0.6) is 0 Å². The van der Waals surface area contributed by atoms with Crippen molar-refractivity contribution in [1.82, 2.24) is 4.57 Å². The van der Waals surface area contributed by atoms with E-state index in [9.17, 15) is 4.79 Å². The first kappa shape index (κ1) is 11.7. The van der Waals surface area contributed by atoms with Gasteiger partial charge in [-0.3, -0.25) is 4.57 Å². The van der Waals surface area contributed by atoms with Gasteiger partial charge in [0.25, 0.3) is 0 Å². The van der Waals surface area contributed by atoms with E-state index < -0.39 is 6.09 Å². The minimum Gasteiger partial charge on any atom is -0.464 e. The lowest BCUT2D eigenvalue weighted by molar-refractivity contribution is 0.197. The van der Waals surface area contributed by atoms with Gasteiger partial charge in [-0.2, -0.15) is 0 Å². The zero-order valence-corrected chi connectivity index (χ0v) is 9.97. The molecule has 4 nitrogen and oxygen atoms in total. The first-order valence-electron chi connectivity index (χ1n) is 5.51. The molecule has 0 aliphatic heterocycles. The van der Waals surface area contributed by atoms with Gasteiger partial charge in [-0.1, -0.05) is 32.0 Å². The molecule has 1 aromatic heterocycles. The van der Waals surface area contributed by atoms with Gasteiger partial charge >= 0.3 is 6.09 Å². The lowest BCUT2D eigenvalue weighted by atomic mass is 9.85. The van der Waals surface area contributed by atoms with Gasteiger partial charge in [0.1, 0.15) is 0 Å². The number of carbonyl (C=O) groups is 1. The van der Waals surface area contributed by atoms with Crippen LogP contribution in [0.2, 0.25) is 0 Å². The molecular weight excluding hydrogens is 216 g/mol. The predicted molar refractivity (Wildman–Crippen MR) is 67.4 cm³/mol. The Morgan fingerprint density at radius 2 is 2.06 bits per heavy atom. The van der Waals surface area contributed by atoms with Crippen molar-refractivity contribution in [2.45, 2.75) is 19.3 Å². The number of nitrogens with zero attached hydrogens (tertiary/aromatic N) is 1. The molecule has 1 heterocycles. The maximum atomic E-state index is 11.2. The second-order valence-corrected chi connectivity index (χ2v) is 4.80. The lowest BCUT2D eigenvalue weighted by Gasteiger charge is -2.21. The Morgan fingerprint density at radius 1 is 1.41 bits per heavy atom. The fraction of sp³-hybridized carbons (Fsp3) is 0.308. The van der Waals surface area contributed by atoms with Crippen molar-refractivity contribution in [3.8, 4) is 0 Å². The van der Waals surface area contributed by atoms with Gasteiger partial charge in [0.2, 0.25) is 0 Å². The third-order valence-electron chi connectivity index (χ3n) is 3.16. The van der Waals surface area contributed by atoms with Gasteiger partial charge in [-0.15, -0.1) is 0 Å². The molecule has 0 amide bonds. The van der Waals surface area contributed by atoms with Gasteiger partial charge in [0, 0.05) is 23.5 Å². The fourth-order valence-corrected chi connectivity index (χ4v) is 1.99. The number of aromatic nitrogens is 1. The van der Waals surface area contributed by atoms with E-state index in [2.05, 4.69) is 0 Å². The molecular formula is C13H16N2O2. The van der Waals surface area contributed by atoms with Crippen LogP contribution < -0.4 is 5.73 Å². The van der Waals surface area contributed by atoms with Crippen molar-refractivity contribution in [3.63, 3.8) is 0 Å². The molecule has 1 aromatic carbocycles. The Morgan fingerprint density at radius 3 is 2.65 bits per heavy atom. The molecule has 0 saturated heterocycles. The summed E-state index contributed by atoms with van der Waals surface area (Å²) in [5, 5.41) is 10.1. The first-order chi connectivity index (χ1) is 7.97. The highest BCUT2D eigenvalue weighted by molar-refractivity contribution is 5.92. The molecule has 0 radical (unpaired) electrons. The van der Waals surface area contributed by atoms with Gasteiger partial charge in [0.05, 0.1) is 5.52 Å². The average molecular weight is 232 g/mol. The van der Waals surface area contributed by atoms with E-state index in [4.69, 9.17) is 10.8 Å². The summed E-state index contributed by atoms with van der Waals surface area (Å²) >= 11 is 0. The minimum absolute atomic E-state index is 0.236. The van der Waals surface area contributed by atoms with Crippen molar-refractivity contribution in [2.75, 3.05) is 6.54 Å². The zero-order valence-electron chi connectivity index (χ0n) is 9.97. The topological polar surface area (TPSA) is 68.2 Å². The molecule has 0 fully saturated rings. The minimum atomic E-state index is -0.972. The monoisotopic (exact) mass is 232 g/mol. The average Bonchev–Trinajstić information content (AvgIpc) is 2.69. The van der Waals surface area contributed by atoms with Crippen LogP contribution in [0.4, 0.5) is 4.79 Å². The Labute approximate surface area is 99.7 Å². The first-order valence-corrected chi connectivity index (χ1v) is 5.51. The van der Waals surface area contributed by atoms with E-state index in [0.29, 0.717) is 12.1 Å². The molecule has 90 valence electrons. The summed E-state index contributed by atoms with van der Waals surface area (Å²) in [7, 11) is 0. The smallest absolute Gasteiger partial charge is 0.416 e. The Bertz CT molecular complexity index is 570. The summed E-state index contributed by atoms with van der Waals surface area (Å²) in [5.74, 6) is 0. The summed E-state index contributed by atoms with van der Waals surface area (Å²) in [5.41, 5.74) is 7.20. The molecule has 3 N–H and O–H groups in total. The molecule has 4 heteroatoms. The normalized spacial score (nSPS) is 11.9. The predicted octanol–water partition coefficient (Wildman–Crippen LogP) is 2.40. The number of para-hydroxylation sites is 1. The highest BCUT2D eigenvalue weighted by Gasteiger charge is 2.24. The third kappa shape index (κ3) is 1.80. The van der Waals surface area contributed by atoms with Crippen molar-refractivity contribution >= 4 is 17.0 Å². The van der Waals surface area contributed by atoms with Crippen LogP contribution in [0.3, 0.4) is 0 Å². The van der Waals surface area contributed by atoms with Crippen LogP contribution >= 0.6 is 0 Å². The van der Waals surface area contributed by atoms with E-state index in [1.165, 1.54) is 4.57 Å². The Kier molecular flexibility index (Phi) is 2.67. The van der Waals surface area contributed by atoms with E-state index >= 15 is 0 Å². The third-order valence-corrected chi connectivity index (χ3v) is 3.16. The molecule has 2 rings (SSSR count). The van der Waals surface area contributed by atoms with E-state index in [1.807, 2.05) is 32.0 Å². The lowest BCUT2D eigenvalue weighted by Crippen LogP contribution is -2.27. The summed E-state index contributed by atoms with van der Waals surface area (Å²) < 4.78 is 1.25. The van der Waals surface area contributed by atoms with Crippen molar-refractivity contribution in [2.24, 2.45) is 5.73 Å². The van der Waals surface area contributed by atoms with Crippen LogP contribution in [0.25, 0.3) is 10.9 Å². The van der Waals surface area contributed by atoms with Crippen LogP contribution in [-0.4, -0.2) is 22.3 Å². The van der Waals surface area contributed by atoms with Crippen LogP contribution in [0.15, 0.2) is 30.5 Å². The number of benzene rings is 1. The van der Waals surface area contributed by atoms with Crippen molar-refractivity contribution in [3.05, 3.63) is 36.0 Å². The molecule has 0 bridgehead atoms. The molecule has 0 unspecified atom stereocenters. The quantitative estimate of drug-likeness (QED) is 0.835. The highest BCUT2D eigenvalue weighted by atomic mass is 16.4. The number of hydrogen-bond acceptors (Lipinski definition) is 2. The van der Waals surface area contributed by atoms with E-state index in [0.717, 1.165) is 10.9 Å². The maximum absolute atomic E-state index is 11.2. The molecule has 0 saturated carbocycles. The highest BCUT2D eigenvalue weighted by Crippen LogP contribution is 2.31. The summed E-state index contributed by atoms with van der Waals surface area (Å²) in [6, 6.07) is 7.48. The molecule has 0 spiro atoms. The van der Waals surface area contributed by atoms with Crippen molar-refractivity contribution in [1.29, 1.82) is 0 Å². The summed E-state index contributed by atoms with van der Waals surface area (Å²) in [6.45, 7) is 4.50. The van der Waals surface area contributed by atoms with Crippen LogP contribution in [0.1, 0.15) is 19.4 Å². The summed E-state index contributed by atoms with van der Waals surface area (Å²) in [4.78, 5) is 11.2. The molecule has 2 aromatic rings. The van der Waals surface area contributed by atoms with Gasteiger partial charge in [0.15, 0.2) is 0 Å². The van der Waals surface area contributed by atoms with Gasteiger partial charge < -0.3 is 10.8 Å². The number of rotatable bonds is 2. The molecule has 0 aliphatic rings. The maximum Gasteiger partial charge on any atom is 0.416 e. The Balaban J connectivity index is 2.78. The second kappa shape index (κ2) is 3.89. The molecule has 17 heavy (non-hydrogen) atoms. The zero-order chi connectivity index (χ0) is 12.6. The van der Waals surface area contributed by atoms with E-state index in [1.54, 1.807) is 12.3 Å². The van der Waals surface area contributed by atoms with Crippen LogP contribution in [0, 0.1) is 0 Å². The molecule has 0 atom stereocenters. The summed E-state index contributed by atoms with van der Waals surface area (Å²) in [6.07, 6.45) is 0.695. The number of carboxylic acid groups (broad SMARTS) is 1. The van der Waals surface area contributed by atoms with Gasteiger partial charge in [-0.05, 0) is 11.6 Å². The van der Waals surface area contributed by atoms with E-state index in [-0.39, 0.29) is 5.41 Å². The van der Waals surface area contributed by atoms with Crippen LogP contribution in [-0.2, 0) is 5.41 Å². The number of hydrogen-bond donors (Lipinski definition) is 2. The Hall–Kier alpha value is -1.81. The fourth-order valence-electron chi connectivity index (χ4n) is 1.99. The second-order valence-electron chi connectivity index (χ2n) is 4.80. The number of fused-ring (bicyclic) bond motifs is 1.